The molecule has 3 heteroatoms. The molecule has 1 nitrogen and oxygen atoms in total. The first-order valence-electron chi connectivity index (χ1n) is 5.80. The standard InChI is InChI=1S/C16H12Cl2O/c17-9-3-6-13-4-2-8-16(11-13)19-12-14-5-1-7-15(18)10-14/h1-2,4-5,7-8,10-11H,9,12H2. The fourth-order valence-corrected chi connectivity index (χ4v) is 1.87. The minimum Gasteiger partial charge on any atom is -0.489 e. The molecule has 0 aliphatic rings. The van der Waals surface area contributed by atoms with E-state index in [0.29, 0.717) is 17.5 Å². The zero-order chi connectivity index (χ0) is 13.5. The van der Waals surface area contributed by atoms with E-state index >= 15 is 0 Å². The van der Waals surface area contributed by atoms with E-state index in [9.17, 15) is 0 Å². The van der Waals surface area contributed by atoms with Crippen LogP contribution in [0.4, 0.5) is 0 Å². The summed E-state index contributed by atoms with van der Waals surface area (Å²) in [7, 11) is 0. The van der Waals surface area contributed by atoms with Gasteiger partial charge in [-0.1, -0.05) is 41.6 Å². The normalized spacial score (nSPS) is 9.58. The molecule has 0 radical (unpaired) electrons. The predicted molar refractivity (Wildman–Crippen MR) is 79.8 cm³/mol. The van der Waals surface area contributed by atoms with Gasteiger partial charge in [-0.25, -0.2) is 0 Å². The summed E-state index contributed by atoms with van der Waals surface area (Å²) < 4.78 is 5.71. The topological polar surface area (TPSA) is 9.23 Å². The van der Waals surface area contributed by atoms with Gasteiger partial charge in [-0.15, -0.1) is 11.6 Å². The van der Waals surface area contributed by atoms with Crippen LogP contribution in [-0.4, -0.2) is 5.88 Å². The van der Waals surface area contributed by atoms with Crippen LogP contribution in [0.1, 0.15) is 11.1 Å². The molecule has 0 N–H and O–H groups in total. The highest BCUT2D eigenvalue weighted by molar-refractivity contribution is 6.30. The maximum atomic E-state index is 5.92. The van der Waals surface area contributed by atoms with Gasteiger partial charge in [-0.05, 0) is 35.9 Å². The monoisotopic (exact) mass is 290 g/mol. The number of halogens is 2. The number of rotatable bonds is 3. The van der Waals surface area contributed by atoms with Crippen LogP contribution in [-0.2, 0) is 6.61 Å². The fraction of sp³-hybridized carbons (Fsp3) is 0.125. The Hall–Kier alpha value is -1.62. The zero-order valence-corrected chi connectivity index (χ0v) is 11.7. The molecule has 0 aliphatic heterocycles. The van der Waals surface area contributed by atoms with E-state index in [2.05, 4.69) is 11.8 Å². The maximum absolute atomic E-state index is 5.92. The molecule has 0 heterocycles. The molecule has 0 amide bonds. The third kappa shape index (κ3) is 4.52. The Kier molecular flexibility index (Phi) is 5.15. The molecular formula is C16H12Cl2O. The number of hydrogen-bond donors (Lipinski definition) is 0. The van der Waals surface area contributed by atoms with Gasteiger partial charge in [0.05, 0.1) is 5.88 Å². The van der Waals surface area contributed by atoms with E-state index < -0.39 is 0 Å². The van der Waals surface area contributed by atoms with Gasteiger partial charge in [0.1, 0.15) is 12.4 Å². The Labute approximate surface area is 123 Å². The number of alkyl halides is 1. The highest BCUT2D eigenvalue weighted by Gasteiger charge is 1.98. The van der Waals surface area contributed by atoms with Crippen molar-refractivity contribution in [3.8, 4) is 17.6 Å². The minimum absolute atomic E-state index is 0.327. The summed E-state index contributed by atoms with van der Waals surface area (Å²) in [5.41, 5.74) is 1.92. The fourth-order valence-electron chi connectivity index (χ4n) is 1.59. The molecule has 19 heavy (non-hydrogen) atoms. The molecular weight excluding hydrogens is 279 g/mol. The van der Waals surface area contributed by atoms with Crippen molar-refractivity contribution in [1.29, 1.82) is 0 Å². The minimum atomic E-state index is 0.327. The van der Waals surface area contributed by atoms with Crippen LogP contribution in [0, 0.1) is 11.8 Å². The molecule has 0 spiro atoms. The molecule has 2 aromatic carbocycles. The summed E-state index contributed by atoms with van der Waals surface area (Å²) in [6.07, 6.45) is 0. The Morgan fingerprint density at radius 1 is 1.05 bits per heavy atom. The van der Waals surface area contributed by atoms with Crippen molar-refractivity contribution < 1.29 is 4.74 Å². The first kappa shape index (κ1) is 13.8. The summed E-state index contributed by atoms with van der Waals surface area (Å²) in [6.45, 7) is 0.479. The lowest BCUT2D eigenvalue weighted by atomic mass is 10.2. The van der Waals surface area contributed by atoms with Gasteiger partial charge in [0.2, 0.25) is 0 Å². The van der Waals surface area contributed by atoms with Gasteiger partial charge in [0.15, 0.2) is 0 Å². The lowest BCUT2D eigenvalue weighted by Gasteiger charge is -2.06. The van der Waals surface area contributed by atoms with Crippen LogP contribution in [0.15, 0.2) is 48.5 Å². The Morgan fingerprint density at radius 2 is 1.89 bits per heavy atom. The summed E-state index contributed by atoms with van der Waals surface area (Å²) in [5, 5.41) is 0.711. The summed E-state index contributed by atoms with van der Waals surface area (Å²) >= 11 is 11.5. The van der Waals surface area contributed by atoms with Gasteiger partial charge >= 0.3 is 0 Å². The van der Waals surface area contributed by atoms with Gasteiger partial charge in [0, 0.05) is 10.6 Å². The molecule has 0 saturated carbocycles. The molecule has 0 fully saturated rings. The van der Waals surface area contributed by atoms with Gasteiger partial charge < -0.3 is 4.74 Å². The first-order chi connectivity index (χ1) is 9.28. The summed E-state index contributed by atoms with van der Waals surface area (Å²) in [6, 6.07) is 15.2. The molecule has 0 saturated heterocycles. The molecule has 2 rings (SSSR count). The lowest BCUT2D eigenvalue weighted by Crippen LogP contribution is -1.95. The maximum Gasteiger partial charge on any atom is 0.121 e. The van der Waals surface area contributed by atoms with Crippen LogP contribution >= 0.6 is 23.2 Å². The smallest absolute Gasteiger partial charge is 0.121 e. The molecule has 0 aromatic heterocycles. The van der Waals surface area contributed by atoms with Crippen LogP contribution < -0.4 is 4.74 Å². The van der Waals surface area contributed by atoms with Crippen molar-refractivity contribution in [1.82, 2.24) is 0 Å². The van der Waals surface area contributed by atoms with Crippen molar-refractivity contribution in [2.24, 2.45) is 0 Å². The van der Waals surface area contributed by atoms with Gasteiger partial charge in [-0.3, -0.25) is 0 Å². The van der Waals surface area contributed by atoms with Crippen molar-refractivity contribution in [3.63, 3.8) is 0 Å². The van der Waals surface area contributed by atoms with E-state index in [1.807, 2.05) is 48.5 Å². The lowest BCUT2D eigenvalue weighted by molar-refractivity contribution is 0.306. The molecule has 0 atom stereocenters. The van der Waals surface area contributed by atoms with Crippen molar-refractivity contribution in [2.45, 2.75) is 6.61 Å². The van der Waals surface area contributed by atoms with Gasteiger partial charge in [0.25, 0.3) is 0 Å². The second kappa shape index (κ2) is 7.09. The third-order valence-electron chi connectivity index (χ3n) is 2.43. The Balaban J connectivity index is 2.03. The first-order valence-corrected chi connectivity index (χ1v) is 6.71. The second-order valence-corrected chi connectivity index (χ2v) is 4.59. The van der Waals surface area contributed by atoms with E-state index in [0.717, 1.165) is 16.9 Å². The van der Waals surface area contributed by atoms with Crippen LogP contribution in [0.3, 0.4) is 0 Å². The zero-order valence-electron chi connectivity index (χ0n) is 10.2. The van der Waals surface area contributed by atoms with Gasteiger partial charge in [-0.2, -0.15) is 0 Å². The number of ether oxygens (including phenoxy) is 1. The molecule has 2 aromatic rings. The highest BCUT2D eigenvalue weighted by Crippen LogP contribution is 2.16. The SMILES string of the molecule is ClCC#Cc1cccc(OCc2cccc(Cl)c2)c1. The average molecular weight is 291 g/mol. The second-order valence-electron chi connectivity index (χ2n) is 3.88. The van der Waals surface area contributed by atoms with E-state index in [4.69, 9.17) is 27.9 Å². The Bertz CT molecular complexity index is 611. The Morgan fingerprint density at radius 3 is 2.68 bits per heavy atom. The van der Waals surface area contributed by atoms with Crippen LogP contribution in [0.25, 0.3) is 0 Å². The highest BCUT2D eigenvalue weighted by atomic mass is 35.5. The average Bonchev–Trinajstić information content (AvgIpc) is 2.43. The predicted octanol–water partition coefficient (Wildman–Crippen LogP) is 4.51. The number of benzene rings is 2. The van der Waals surface area contributed by atoms with Crippen molar-refractivity contribution >= 4 is 23.2 Å². The third-order valence-corrected chi connectivity index (χ3v) is 2.80. The van der Waals surface area contributed by atoms with Crippen molar-refractivity contribution in [3.05, 3.63) is 64.7 Å². The van der Waals surface area contributed by atoms with E-state index in [1.165, 1.54) is 0 Å². The quantitative estimate of drug-likeness (QED) is 0.597. The summed E-state index contributed by atoms with van der Waals surface area (Å²) in [4.78, 5) is 0. The number of hydrogen-bond acceptors (Lipinski definition) is 1. The van der Waals surface area contributed by atoms with Crippen LogP contribution in [0.5, 0.6) is 5.75 Å². The van der Waals surface area contributed by atoms with Crippen molar-refractivity contribution in [2.75, 3.05) is 5.88 Å². The molecule has 0 bridgehead atoms. The molecule has 96 valence electrons. The van der Waals surface area contributed by atoms with E-state index in [1.54, 1.807) is 0 Å². The molecule has 0 aliphatic carbocycles. The summed E-state index contributed by atoms with van der Waals surface area (Å²) in [5.74, 6) is 6.88. The van der Waals surface area contributed by atoms with Crippen LogP contribution in [0.2, 0.25) is 5.02 Å². The van der Waals surface area contributed by atoms with E-state index in [-0.39, 0.29) is 0 Å². The largest absolute Gasteiger partial charge is 0.489 e. The molecule has 0 unspecified atom stereocenters.